The van der Waals surface area contributed by atoms with Crippen LogP contribution in [0.1, 0.15) is 27.7 Å². The highest BCUT2D eigenvalue weighted by Crippen LogP contribution is 2.10. The highest BCUT2D eigenvalue weighted by Gasteiger charge is 2.27. The van der Waals surface area contributed by atoms with Crippen LogP contribution < -0.4 is 0 Å². The Balaban J connectivity index is 4.14. The first kappa shape index (κ1) is 15.5. The van der Waals surface area contributed by atoms with Gasteiger partial charge in [-0.25, -0.2) is 0 Å². The first-order valence-corrected chi connectivity index (χ1v) is 4.75. The van der Waals surface area contributed by atoms with Crippen LogP contribution in [0.4, 0.5) is 9.59 Å². The molecule has 0 amide bonds. The molecule has 0 aromatic carbocycles. The van der Waals surface area contributed by atoms with Crippen LogP contribution in [0, 0.1) is 22.7 Å². The van der Waals surface area contributed by atoms with E-state index in [9.17, 15) is 9.59 Å². The molecule has 0 unspecified atom stereocenters. The monoisotopic (exact) mass is 256 g/mol. The van der Waals surface area contributed by atoms with E-state index in [1.165, 1.54) is 27.7 Å². The van der Waals surface area contributed by atoms with Gasteiger partial charge in [-0.05, 0) is 27.7 Å². The Kier molecular flexibility index (Phi) is 4.94. The van der Waals surface area contributed by atoms with Crippen molar-refractivity contribution in [2.24, 2.45) is 0 Å². The fourth-order valence-corrected chi connectivity index (χ4v) is 0.564. The lowest BCUT2D eigenvalue weighted by Crippen LogP contribution is -2.29. The molecule has 0 aromatic heterocycles. The maximum Gasteiger partial charge on any atom is 0.551 e. The number of rotatable bonds is 2. The second kappa shape index (κ2) is 5.73. The van der Waals surface area contributed by atoms with Gasteiger partial charge in [-0.15, -0.1) is 0 Å². The van der Waals surface area contributed by atoms with Crippen LogP contribution in [-0.2, 0) is 19.2 Å². The van der Waals surface area contributed by atoms with E-state index < -0.39 is 23.5 Å². The van der Waals surface area contributed by atoms with Crippen LogP contribution in [-0.4, -0.2) is 23.5 Å². The molecule has 0 aliphatic carbocycles. The SMILES string of the molecule is CC(C)(C#N)OC(=O)OOC(=O)OC(C)(C)C#N. The first-order chi connectivity index (χ1) is 8.12. The van der Waals surface area contributed by atoms with Gasteiger partial charge in [-0.1, -0.05) is 0 Å². The number of carbonyl (C=O) groups excluding carboxylic acids is 2. The Morgan fingerprint density at radius 2 is 1.11 bits per heavy atom. The molecule has 0 heterocycles. The maximum absolute atomic E-state index is 11.0. The van der Waals surface area contributed by atoms with Crippen molar-refractivity contribution in [3.05, 3.63) is 0 Å². The lowest BCUT2D eigenvalue weighted by atomic mass is 10.2. The molecule has 98 valence electrons. The smallest absolute Gasteiger partial charge is 0.410 e. The van der Waals surface area contributed by atoms with Gasteiger partial charge in [0.1, 0.15) is 12.1 Å². The summed E-state index contributed by atoms with van der Waals surface area (Å²) in [5.74, 6) is 0. The second-order valence-corrected chi connectivity index (χ2v) is 4.12. The average molecular weight is 256 g/mol. The Morgan fingerprint density at radius 1 is 0.833 bits per heavy atom. The van der Waals surface area contributed by atoms with E-state index in [1.807, 2.05) is 0 Å². The van der Waals surface area contributed by atoms with Gasteiger partial charge in [0.05, 0.1) is 0 Å². The molecule has 8 heteroatoms. The number of hydrogen-bond acceptors (Lipinski definition) is 8. The minimum Gasteiger partial charge on any atom is -0.410 e. The van der Waals surface area contributed by atoms with E-state index in [2.05, 4.69) is 19.2 Å². The highest BCUT2D eigenvalue weighted by atomic mass is 17.3. The summed E-state index contributed by atoms with van der Waals surface area (Å²) in [5.41, 5.74) is -2.84. The molecule has 0 saturated carbocycles. The molecule has 0 radical (unpaired) electrons. The molecule has 0 rings (SSSR count). The summed E-state index contributed by atoms with van der Waals surface area (Å²) in [5, 5.41) is 17.1. The third-order valence-electron chi connectivity index (χ3n) is 1.39. The minimum atomic E-state index is -1.42. The first-order valence-electron chi connectivity index (χ1n) is 4.75. The summed E-state index contributed by atoms with van der Waals surface area (Å²) in [6, 6.07) is 3.34. The Morgan fingerprint density at radius 3 is 1.33 bits per heavy atom. The average Bonchev–Trinajstić information content (AvgIpc) is 2.25. The van der Waals surface area contributed by atoms with Crippen molar-refractivity contribution >= 4 is 12.3 Å². The highest BCUT2D eigenvalue weighted by molar-refractivity contribution is 5.64. The quantitative estimate of drug-likeness (QED) is 0.416. The van der Waals surface area contributed by atoms with Gasteiger partial charge in [0.2, 0.25) is 0 Å². The molecule has 8 nitrogen and oxygen atoms in total. The Bertz CT molecular complexity index is 375. The summed E-state index contributed by atoms with van der Waals surface area (Å²) >= 11 is 0. The molecular formula is C10H12N2O6. The fraction of sp³-hybridized carbons (Fsp3) is 0.600. The minimum absolute atomic E-state index is 1.31. The summed E-state index contributed by atoms with van der Waals surface area (Å²) in [6.07, 6.45) is -2.76. The van der Waals surface area contributed by atoms with Crippen LogP contribution >= 0.6 is 0 Å². The summed E-state index contributed by atoms with van der Waals surface area (Å²) in [4.78, 5) is 29.8. The van der Waals surface area contributed by atoms with Crippen molar-refractivity contribution in [2.75, 3.05) is 0 Å². The molecule has 0 atom stereocenters. The number of ether oxygens (including phenoxy) is 2. The lowest BCUT2D eigenvalue weighted by molar-refractivity contribution is -0.228. The van der Waals surface area contributed by atoms with Gasteiger partial charge in [0, 0.05) is 0 Å². The van der Waals surface area contributed by atoms with Gasteiger partial charge in [-0.2, -0.15) is 29.9 Å². The summed E-state index contributed by atoms with van der Waals surface area (Å²) < 4.78 is 8.95. The Labute approximate surface area is 104 Å². The normalized spacial score (nSPS) is 10.6. The van der Waals surface area contributed by atoms with Crippen LogP contribution in [0.25, 0.3) is 0 Å². The van der Waals surface area contributed by atoms with Gasteiger partial charge >= 0.3 is 12.3 Å². The van der Waals surface area contributed by atoms with Gasteiger partial charge in [0.15, 0.2) is 11.2 Å². The van der Waals surface area contributed by atoms with Crippen LogP contribution in [0.15, 0.2) is 0 Å². The van der Waals surface area contributed by atoms with E-state index >= 15 is 0 Å². The van der Waals surface area contributed by atoms with Crippen molar-refractivity contribution in [3.8, 4) is 12.1 Å². The largest absolute Gasteiger partial charge is 0.551 e. The van der Waals surface area contributed by atoms with Gasteiger partial charge < -0.3 is 9.47 Å². The second-order valence-electron chi connectivity index (χ2n) is 4.12. The van der Waals surface area contributed by atoms with E-state index in [1.54, 1.807) is 12.1 Å². The van der Waals surface area contributed by atoms with Crippen LogP contribution in [0.3, 0.4) is 0 Å². The number of nitriles is 2. The van der Waals surface area contributed by atoms with Crippen molar-refractivity contribution in [1.82, 2.24) is 0 Å². The van der Waals surface area contributed by atoms with Crippen molar-refractivity contribution in [1.29, 1.82) is 10.5 Å². The van der Waals surface area contributed by atoms with E-state index in [0.29, 0.717) is 0 Å². The number of nitrogens with zero attached hydrogens (tertiary/aromatic N) is 2. The molecule has 0 saturated heterocycles. The predicted molar refractivity (Wildman–Crippen MR) is 54.5 cm³/mol. The topological polar surface area (TPSA) is 119 Å². The van der Waals surface area contributed by atoms with E-state index in [0.717, 1.165) is 0 Å². The number of hydrogen-bond donors (Lipinski definition) is 0. The van der Waals surface area contributed by atoms with E-state index in [-0.39, 0.29) is 0 Å². The van der Waals surface area contributed by atoms with Crippen molar-refractivity contribution in [2.45, 2.75) is 38.9 Å². The molecule has 0 aromatic rings. The molecule has 0 aliphatic heterocycles. The zero-order valence-electron chi connectivity index (χ0n) is 10.3. The maximum atomic E-state index is 11.0. The molecule has 0 aliphatic rings. The third kappa shape index (κ3) is 6.18. The lowest BCUT2D eigenvalue weighted by Gasteiger charge is -2.16. The predicted octanol–water partition coefficient (Wildman–Crippen LogP) is 1.81. The van der Waals surface area contributed by atoms with Crippen molar-refractivity contribution in [3.63, 3.8) is 0 Å². The molecule has 0 bridgehead atoms. The molecule has 0 fully saturated rings. The third-order valence-corrected chi connectivity index (χ3v) is 1.39. The fourth-order valence-electron chi connectivity index (χ4n) is 0.564. The molecule has 18 heavy (non-hydrogen) atoms. The summed E-state index contributed by atoms with van der Waals surface area (Å²) in [7, 11) is 0. The van der Waals surface area contributed by atoms with Crippen LogP contribution in [0.2, 0.25) is 0 Å². The zero-order valence-corrected chi connectivity index (χ0v) is 10.3. The van der Waals surface area contributed by atoms with Gasteiger partial charge in [0.25, 0.3) is 0 Å². The van der Waals surface area contributed by atoms with Gasteiger partial charge in [-0.3, -0.25) is 0 Å². The summed E-state index contributed by atoms with van der Waals surface area (Å²) in [6.45, 7) is 5.24. The molecule has 0 N–H and O–H groups in total. The van der Waals surface area contributed by atoms with Crippen molar-refractivity contribution < 1.29 is 28.8 Å². The Hall–Kier alpha value is -2.48. The zero-order chi connectivity index (χ0) is 14.4. The van der Waals surface area contributed by atoms with Crippen LogP contribution in [0.5, 0.6) is 0 Å². The number of carbonyl (C=O) groups is 2. The molecular weight excluding hydrogens is 244 g/mol. The molecule has 0 spiro atoms. The van der Waals surface area contributed by atoms with E-state index in [4.69, 9.17) is 10.5 Å². The standard InChI is InChI=1S/C10H12N2O6/c1-9(2,5-11)15-7(13)17-18-8(14)16-10(3,4)6-12/h1-4H3.